The van der Waals surface area contributed by atoms with Crippen LogP contribution in [0.3, 0.4) is 0 Å². The highest BCUT2D eigenvalue weighted by molar-refractivity contribution is 7.13. The molecule has 3 heterocycles. The first-order chi connectivity index (χ1) is 13.2. The maximum absolute atomic E-state index is 12.8. The molecule has 1 saturated heterocycles. The normalized spacial score (nSPS) is 16.8. The maximum atomic E-state index is 12.8. The van der Waals surface area contributed by atoms with E-state index < -0.39 is 0 Å². The lowest BCUT2D eigenvalue weighted by atomic mass is 10.2. The molecule has 2 aliphatic rings. The summed E-state index contributed by atoms with van der Waals surface area (Å²) >= 11 is 1.50. The maximum Gasteiger partial charge on any atom is 0.282 e. The Morgan fingerprint density at radius 2 is 1.78 bits per heavy atom. The summed E-state index contributed by atoms with van der Waals surface area (Å²) in [5.74, 6) is 0.758. The van der Waals surface area contributed by atoms with Crippen LogP contribution in [-0.2, 0) is 12.8 Å². The number of methoxy groups -OCH3 is 1. The summed E-state index contributed by atoms with van der Waals surface area (Å²) in [6.07, 6.45) is 3.60. The molecule has 4 rings (SSSR count). The van der Waals surface area contributed by atoms with Crippen LogP contribution in [0, 0.1) is 0 Å². The second-order valence-electron chi connectivity index (χ2n) is 6.91. The van der Waals surface area contributed by atoms with E-state index >= 15 is 0 Å². The van der Waals surface area contributed by atoms with Crippen molar-refractivity contribution >= 4 is 23.2 Å². The lowest BCUT2D eigenvalue weighted by molar-refractivity contribution is 0.0759. The molecule has 0 saturated carbocycles. The van der Waals surface area contributed by atoms with Crippen LogP contribution >= 0.6 is 11.3 Å². The van der Waals surface area contributed by atoms with Crippen molar-refractivity contribution < 1.29 is 14.3 Å². The predicted octanol–water partition coefficient (Wildman–Crippen LogP) is 2.63. The van der Waals surface area contributed by atoms with Gasteiger partial charge >= 0.3 is 0 Å². The summed E-state index contributed by atoms with van der Waals surface area (Å²) < 4.78 is 5.22. The third kappa shape index (κ3) is 3.69. The molecule has 2 amide bonds. The zero-order valence-electron chi connectivity index (χ0n) is 15.4. The first-order valence-corrected chi connectivity index (χ1v) is 10.2. The standard InChI is InChI=1S/C20H23N3O3S/c1-26-15-6-4-5-14(13-15)19(24)23-11-7-16-17(8-12-23)27-18(21-16)20(25)22-9-2-3-10-22/h4-6,13H,2-3,7-12H2,1H3. The van der Waals surface area contributed by atoms with Crippen molar-refractivity contribution in [3.05, 3.63) is 45.4 Å². The minimum absolute atomic E-state index is 0.0115. The smallest absolute Gasteiger partial charge is 0.282 e. The lowest BCUT2D eigenvalue weighted by Gasteiger charge is -2.20. The molecule has 0 atom stereocenters. The van der Waals surface area contributed by atoms with Gasteiger partial charge in [-0.25, -0.2) is 4.98 Å². The molecule has 0 spiro atoms. The SMILES string of the molecule is COc1cccc(C(=O)N2CCc3nc(C(=O)N4CCCC4)sc3CC2)c1. The van der Waals surface area contributed by atoms with E-state index in [-0.39, 0.29) is 11.8 Å². The molecule has 1 fully saturated rings. The number of thiazole rings is 1. The number of carbonyl (C=O) groups is 2. The van der Waals surface area contributed by atoms with Crippen LogP contribution in [0.25, 0.3) is 0 Å². The number of aromatic nitrogens is 1. The number of ether oxygens (including phenoxy) is 1. The number of carbonyl (C=O) groups excluding carboxylic acids is 2. The second-order valence-corrected chi connectivity index (χ2v) is 8.00. The third-order valence-corrected chi connectivity index (χ3v) is 6.33. The van der Waals surface area contributed by atoms with Gasteiger partial charge in [-0.3, -0.25) is 9.59 Å². The number of benzene rings is 1. The molecule has 0 N–H and O–H groups in total. The Hall–Kier alpha value is -2.41. The molecule has 27 heavy (non-hydrogen) atoms. The quantitative estimate of drug-likeness (QED) is 0.815. The van der Waals surface area contributed by atoms with Crippen LogP contribution in [0.15, 0.2) is 24.3 Å². The molecule has 142 valence electrons. The summed E-state index contributed by atoms with van der Waals surface area (Å²) in [5, 5.41) is 0.606. The molecule has 0 unspecified atom stereocenters. The van der Waals surface area contributed by atoms with Gasteiger partial charge in [0, 0.05) is 49.5 Å². The summed E-state index contributed by atoms with van der Waals surface area (Å²) in [7, 11) is 1.60. The number of hydrogen-bond donors (Lipinski definition) is 0. The van der Waals surface area contributed by atoms with E-state index in [1.165, 1.54) is 11.3 Å². The minimum Gasteiger partial charge on any atom is -0.497 e. The molecule has 0 aliphatic carbocycles. The van der Waals surface area contributed by atoms with E-state index in [2.05, 4.69) is 4.98 Å². The van der Waals surface area contributed by atoms with Gasteiger partial charge in [0.05, 0.1) is 12.8 Å². The van der Waals surface area contributed by atoms with Crippen LogP contribution < -0.4 is 4.74 Å². The molecule has 0 bridgehead atoms. The topological polar surface area (TPSA) is 62.7 Å². The molecule has 1 aromatic carbocycles. The minimum atomic E-state index is 0.0115. The molecule has 2 aliphatic heterocycles. The number of nitrogens with zero attached hydrogens (tertiary/aromatic N) is 3. The monoisotopic (exact) mass is 385 g/mol. The van der Waals surface area contributed by atoms with Gasteiger partial charge in [-0.1, -0.05) is 6.07 Å². The van der Waals surface area contributed by atoms with Crippen molar-refractivity contribution in [3.63, 3.8) is 0 Å². The highest BCUT2D eigenvalue weighted by Crippen LogP contribution is 2.26. The number of rotatable bonds is 3. The van der Waals surface area contributed by atoms with Crippen molar-refractivity contribution in [1.82, 2.24) is 14.8 Å². The molecule has 0 radical (unpaired) electrons. The number of fused-ring (bicyclic) bond motifs is 1. The van der Waals surface area contributed by atoms with Crippen molar-refractivity contribution in [1.29, 1.82) is 0 Å². The van der Waals surface area contributed by atoms with E-state index in [9.17, 15) is 9.59 Å². The van der Waals surface area contributed by atoms with Crippen molar-refractivity contribution in [3.8, 4) is 5.75 Å². The lowest BCUT2D eigenvalue weighted by Crippen LogP contribution is -2.33. The highest BCUT2D eigenvalue weighted by Gasteiger charge is 2.27. The van der Waals surface area contributed by atoms with E-state index in [0.29, 0.717) is 35.8 Å². The average molecular weight is 385 g/mol. The van der Waals surface area contributed by atoms with E-state index in [4.69, 9.17) is 4.74 Å². The van der Waals surface area contributed by atoms with Gasteiger partial charge in [0.25, 0.3) is 11.8 Å². The Kier molecular flexibility index (Phi) is 5.11. The van der Waals surface area contributed by atoms with Crippen LogP contribution in [-0.4, -0.2) is 59.9 Å². The van der Waals surface area contributed by atoms with Gasteiger partial charge in [-0.15, -0.1) is 11.3 Å². The van der Waals surface area contributed by atoms with E-state index in [1.54, 1.807) is 13.2 Å². The average Bonchev–Trinajstić information content (AvgIpc) is 3.34. The predicted molar refractivity (Wildman–Crippen MR) is 104 cm³/mol. The fourth-order valence-corrected chi connectivity index (χ4v) is 4.72. The summed E-state index contributed by atoms with van der Waals surface area (Å²) in [4.78, 5) is 34.9. The Bertz CT molecular complexity index is 832. The molecule has 7 heteroatoms. The zero-order chi connectivity index (χ0) is 18.8. The second kappa shape index (κ2) is 7.68. The van der Waals surface area contributed by atoms with Gasteiger partial charge in [0.2, 0.25) is 0 Å². The van der Waals surface area contributed by atoms with Gasteiger partial charge in [-0.2, -0.15) is 0 Å². The zero-order valence-corrected chi connectivity index (χ0v) is 16.3. The Labute approximate surface area is 162 Å². The highest BCUT2D eigenvalue weighted by atomic mass is 32.1. The summed E-state index contributed by atoms with van der Waals surface area (Å²) in [6, 6.07) is 7.25. The molecular weight excluding hydrogens is 362 g/mol. The van der Waals surface area contributed by atoms with Crippen molar-refractivity contribution in [2.24, 2.45) is 0 Å². The van der Waals surface area contributed by atoms with E-state index in [0.717, 1.165) is 42.9 Å². The van der Waals surface area contributed by atoms with Gasteiger partial charge in [0.15, 0.2) is 5.01 Å². The molecule has 6 nitrogen and oxygen atoms in total. The third-order valence-electron chi connectivity index (χ3n) is 5.19. The first kappa shape index (κ1) is 18.0. The Balaban J connectivity index is 1.45. The van der Waals surface area contributed by atoms with Crippen LogP contribution in [0.2, 0.25) is 0 Å². The molecule has 1 aromatic heterocycles. The van der Waals surface area contributed by atoms with E-state index in [1.807, 2.05) is 28.0 Å². The van der Waals surface area contributed by atoms with Crippen LogP contribution in [0.1, 0.15) is 43.6 Å². The summed E-state index contributed by atoms with van der Waals surface area (Å²) in [6.45, 7) is 2.94. The fourth-order valence-electron chi connectivity index (χ4n) is 3.65. The summed E-state index contributed by atoms with van der Waals surface area (Å²) in [5.41, 5.74) is 1.61. The first-order valence-electron chi connectivity index (χ1n) is 9.37. The fraction of sp³-hybridized carbons (Fsp3) is 0.450. The van der Waals surface area contributed by atoms with Crippen molar-refractivity contribution in [2.45, 2.75) is 25.7 Å². The van der Waals surface area contributed by atoms with Crippen molar-refractivity contribution in [2.75, 3.05) is 33.3 Å². The molecule has 2 aromatic rings. The van der Waals surface area contributed by atoms with Crippen LogP contribution in [0.5, 0.6) is 5.75 Å². The number of likely N-dealkylation sites (tertiary alicyclic amines) is 1. The van der Waals surface area contributed by atoms with Gasteiger partial charge in [-0.05, 0) is 31.0 Å². The Morgan fingerprint density at radius 3 is 2.56 bits per heavy atom. The van der Waals surface area contributed by atoms with Crippen LogP contribution in [0.4, 0.5) is 0 Å². The number of hydrogen-bond acceptors (Lipinski definition) is 5. The van der Waals surface area contributed by atoms with Gasteiger partial charge < -0.3 is 14.5 Å². The molecular formula is C20H23N3O3S. The number of amides is 2. The van der Waals surface area contributed by atoms with Gasteiger partial charge in [0.1, 0.15) is 5.75 Å². The largest absolute Gasteiger partial charge is 0.497 e. The Morgan fingerprint density at radius 1 is 1.04 bits per heavy atom.